The Hall–Kier alpha value is -1.51. The van der Waals surface area contributed by atoms with Crippen molar-refractivity contribution in [2.75, 3.05) is 6.56 Å². The fourth-order valence-electron chi connectivity index (χ4n) is 0.746. The molecule has 1 rings (SSSR count). The number of benzene rings is 1. The number of amides is 1. The van der Waals surface area contributed by atoms with Gasteiger partial charge < -0.3 is 10.5 Å². The summed E-state index contributed by atoms with van der Waals surface area (Å²) in [6, 6.07) is 5.22. The highest BCUT2D eigenvalue weighted by molar-refractivity contribution is 5.92. The van der Waals surface area contributed by atoms with Crippen LogP contribution in [-0.2, 0) is 0 Å². The van der Waals surface area contributed by atoms with Crippen LogP contribution in [0.2, 0.25) is 0 Å². The van der Waals surface area contributed by atoms with Crippen LogP contribution in [-0.4, -0.2) is 12.5 Å². The zero-order valence-corrected chi connectivity index (χ0v) is 6.20. The normalized spacial score (nSPS) is 17.8. The van der Waals surface area contributed by atoms with Crippen LogP contribution in [0.25, 0.3) is 0 Å². The van der Waals surface area contributed by atoms with Gasteiger partial charge in [-0.3, -0.25) is 4.79 Å². The van der Waals surface area contributed by atoms with E-state index in [1.54, 1.807) is 0 Å². The molecule has 0 aliphatic rings. The molecule has 1 aromatic carbocycles. The van der Waals surface area contributed by atoms with Gasteiger partial charge in [0.15, 0.2) is 0 Å². The number of rotatable bonds is 3. The topological polar surface area (TPSA) is 52.3 Å². The molecule has 3 nitrogen and oxygen atoms in total. The van der Waals surface area contributed by atoms with Crippen molar-refractivity contribution in [2.24, 2.45) is 5.73 Å². The summed E-state index contributed by atoms with van der Waals surface area (Å²) in [6.07, 6.45) is 0. The first kappa shape index (κ1) is 3.94. The van der Waals surface area contributed by atoms with E-state index in [-0.39, 0.29) is 11.3 Å². The smallest absolute Gasteiger partial charge is 0.248 e. The van der Waals surface area contributed by atoms with Crippen molar-refractivity contribution < 1.29 is 16.4 Å². The quantitative estimate of drug-likeness (QED) is 0.740. The Morgan fingerprint density at radius 2 is 2.33 bits per heavy atom. The first-order chi connectivity index (χ1) is 7.63. The van der Waals surface area contributed by atoms with Gasteiger partial charge in [-0.1, -0.05) is 0 Å². The van der Waals surface area contributed by atoms with Crippen molar-refractivity contribution in [3.63, 3.8) is 0 Å². The van der Waals surface area contributed by atoms with Crippen LogP contribution in [0.5, 0.6) is 5.75 Å². The summed E-state index contributed by atoms with van der Waals surface area (Å²) < 4.78 is 40.1. The van der Waals surface area contributed by atoms with E-state index in [0.29, 0.717) is 0 Å². The van der Waals surface area contributed by atoms with E-state index < -0.39 is 19.3 Å². The lowest BCUT2D eigenvalue weighted by Crippen LogP contribution is -2.10. The Kier molecular flexibility index (Phi) is 1.23. The zero-order valence-electron chi connectivity index (χ0n) is 11.2. The minimum absolute atomic E-state index is 0.0103. The van der Waals surface area contributed by atoms with Crippen molar-refractivity contribution in [1.82, 2.24) is 0 Å². The van der Waals surface area contributed by atoms with E-state index in [1.807, 2.05) is 0 Å². The summed E-state index contributed by atoms with van der Waals surface area (Å²) in [7, 11) is 0. The lowest BCUT2D eigenvalue weighted by atomic mass is 10.2. The van der Waals surface area contributed by atoms with Gasteiger partial charge in [-0.05, 0) is 31.1 Å². The Morgan fingerprint density at radius 1 is 1.67 bits per heavy atom. The van der Waals surface area contributed by atoms with Gasteiger partial charge in [0.05, 0.1) is 9.30 Å². The van der Waals surface area contributed by atoms with Gasteiger partial charge in [-0.15, -0.1) is 0 Å². The second-order valence-electron chi connectivity index (χ2n) is 2.09. The number of ether oxygens (including phenoxy) is 1. The maximum absolute atomic E-state index is 10.8. The van der Waals surface area contributed by atoms with Gasteiger partial charge in [0.2, 0.25) is 5.91 Å². The largest absolute Gasteiger partial charge is 0.494 e. The van der Waals surface area contributed by atoms with Crippen LogP contribution in [0.4, 0.5) is 0 Å². The van der Waals surface area contributed by atoms with Gasteiger partial charge >= 0.3 is 0 Å². The molecule has 0 fully saturated rings. The molecule has 0 aromatic heterocycles. The molecule has 0 aliphatic carbocycles. The predicted molar refractivity (Wildman–Crippen MR) is 46.1 cm³/mol. The summed E-state index contributed by atoms with van der Waals surface area (Å²) in [4.78, 5) is 10.8. The molecule has 3 heteroatoms. The monoisotopic (exact) mass is 170 g/mol. The molecule has 0 bridgehead atoms. The average molecular weight is 170 g/mol. The van der Waals surface area contributed by atoms with Crippen LogP contribution >= 0.6 is 0 Å². The Bertz CT molecular complexity index is 412. The lowest BCUT2D eigenvalue weighted by Gasteiger charge is -2.02. The summed E-state index contributed by atoms with van der Waals surface area (Å²) in [5, 5.41) is 0. The standard InChI is InChI=1S/C9H11NO2/c1-2-12-8-5-3-7(4-6-8)9(10)11/h3-6H,2H2,1H3,(H2,10,11)/i1D3,2D2. The molecule has 0 radical (unpaired) electrons. The first-order valence-corrected chi connectivity index (χ1v) is 3.22. The maximum atomic E-state index is 10.8. The minimum atomic E-state index is -2.89. The summed E-state index contributed by atoms with van der Waals surface area (Å²) in [5.74, 6) is -0.619. The Morgan fingerprint density at radius 3 is 2.83 bits per heavy atom. The van der Waals surface area contributed by atoms with E-state index in [1.165, 1.54) is 24.3 Å². The summed E-state index contributed by atoms with van der Waals surface area (Å²) in [5.41, 5.74) is 5.25. The second kappa shape index (κ2) is 3.76. The molecule has 12 heavy (non-hydrogen) atoms. The van der Waals surface area contributed by atoms with Crippen LogP contribution in [0.3, 0.4) is 0 Å². The molecule has 2 N–H and O–H groups in total. The van der Waals surface area contributed by atoms with Crippen LogP contribution in [0.1, 0.15) is 24.1 Å². The molecule has 0 heterocycles. The lowest BCUT2D eigenvalue weighted by molar-refractivity contribution is 0.100. The van der Waals surface area contributed by atoms with Gasteiger partial charge in [0, 0.05) is 9.68 Å². The molecule has 0 spiro atoms. The highest BCUT2D eigenvalue weighted by Gasteiger charge is 1.98. The molecule has 64 valence electrons. The van der Waals surface area contributed by atoms with Crippen LogP contribution < -0.4 is 10.5 Å². The fraction of sp³-hybridized carbons (Fsp3) is 0.222. The van der Waals surface area contributed by atoms with E-state index >= 15 is 0 Å². The van der Waals surface area contributed by atoms with Crippen LogP contribution in [0.15, 0.2) is 24.3 Å². The number of hydrogen-bond donors (Lipinski definition) is 1. The van der Waals surface area contributed by atoms with E-state index in [9.17, 15) is 4.79 Å². The summed E-state index contributed by atoms with van der Waals surface area (Å²) >= 11 is 0. The molecule has 0 atom stereocenters. The molecule has 0 saturated heterocycles. The van der Waals surface area contributed by atoms with Crippen LogP contribution in [0, 0.1) is 0 Å². The number of nitrogens with two attached hydrogens (primary N) is 1. The molecular formula is C9H11NO2. The highest BCUT2D eigenvalue weighted by atomic mass is 16.5. The third-order valence-corrected chi connectivity index (χ3v) is 1.31. The SMILES string of the molecule is [2H]C([2H])([2H])C([2H])([2H])Oc1ccc(C(N)=O)cc1. The summed E-state index contributed by atoms with van der Waals surface area (Å²) in [6.45, 7) is -5.68. The second-order valence-corrected chi connectivity index (χ2v) is 2.09. The van der Waals surface area contributed by atoms with Gasteiger partial charge in [0.1, 0.15) is 5.75 Å². The van der Waals surface area contributed by atoms with Gasteiger partial charge in [0.25, 0.3) is 0 Å². The van der Waals surface area contributed by atoms with E-state index in [2.05, 4.69) is 0 Å². The van der Waals surface area contributed by atoms with Crippen molar-refractivity contribution in [1.29, 1.82) is 0 Å². The molecule has 1 aromatic rings. The Balaban J connectivity index is 2.86. The van der Waals surface area contributed by atoms with Gasteiger partial charge in [-0.2, -0.15) is 0 Å². The minimum Gasteiger partial charge on any atom is -0.494 e. The maximum Gasteiger partial charge on any atom is 0.248 e. The van der Waals surface area contributed by atoms with Crippen molar-refractivity contribution in [3.05, 3.63) is 29.8 Å². The molecule has 1 amide bonds. The third kappa shape index (κ3) is 1.99. The predicted octanol–water partition coefficient (Wildman–Crippen LogP) is 1.18. The fourth-order valence-corrected chi connectivity index (χ4v) is 0.746. The molecule has 0 saturated carbocycles. The van der Waals surface area contributed by atoms with E-state index in [0.717, 1.165) is 0 Å². The number of primary amides is 1. The zero-order chi connectivity index (χ0) is 13.3. The molecular weight excluding hydrogens is 154 g/mol. The third-order valence-electron chi connectivity index (χ3n) is 1.31. The van der Waals surface area contributed by atoms with Gasteiger partial charge in [-0.25, -0.2) is 0 Å². The van der Waals surface area contributed by atoms with Crippen molar-refractivity contribution in [3.8, 4) is 5.75 Å². The Labute approximate surface area is 78.2 Å². The number of hydrogen-bond acceptors (Lipinski definition) is 2. The van der Waals surface area contributed by atoms with Crippen molar-refractivity contribution in [2.45, 2.75) is 6.85 Å². The number of carbonyl (C=O) groups excluding carboxylic acids is 1. The van der Waals surface area contributed by atoms with Crippen molar-refractivity contribution >= 4 is 5.91 Å². The number of carbonyl (C=O) groups is 1. The molecule has 0 unspecified atom stereocenters. The first-order valence-electron chi connectivity index (χ1n) is 5.72. The van der Waals surface area contributed by atoms with E-state index in [4.69, 9.17) is 17.3 Å². The molecule has 0 aliphatic heterocycles. The average Bonchev–Trinajstić information content (AvgIpc) is 2.16. The highest BCUT2D eigenvalue weighted by Crippen LogP contribution is 2.11.